The van der Waals surface area contributed by atoms with Crippen molar-refractivity contribution in [3.8, 4) is 114 Å². The number of ether oxygens (including phenoxy) is 8. The van der Waals surface area contributed by atoms with Crippen LogP contribution in [0.25, 0.3) is 112 Å². The lowest BCUT2D eigenvalue weighted by molar-refractivity contribution is 0.258. The number of unbranched alkanes of at least 4 members (excludes halogenated alkanes) is 56. The van der Waals surface area contributed by atoms with Crippen molar-refractivity contribution in [1.29, 1.82) is 0 Å². The van der Waals surface area contributed by atoms with Crippen LogP contribution in [0, 0.1) is 0 Å². The van der Waals surface area contributed by atoms with Crippen molar-refractivity contribution in [2.45, 2.75) is 466 Å². The van der Waals surface area contributed by atoms with Crippen LogP contribution in [0.1, 0.15) is 466 Å². The van der Waals surface area contributed by atoms with Gasteiger partial charge >= 0.3 is 0 Å². The second-order valence-corrected chi connectivity index (χ2v) is 41.3. The number of nitrogens with zero attached hydrogens (tertiary/aromatic N) is 6. The Morgan fingerprint density at radius 3 is 0.542 bits per heavy atom. The van der Waals surface area contributed by atoms with E-state index in [1.165, 1.54) is 308 Å². The van der Waals surface area contributed by atoms with E-state index in [4.69, 9.17) is 76.6 Å². The summed E-state index contributed by atoms with van der Waals surface area (Å²) in [6.45, 7) is 23.2. The van der Waals surface area contributed by atoms with Gasteiger partial charge in [0.05, 0.1) is 97.7 Å². The van der Waals surface area contributed by atoms with Crippen LogP contribution in [0.2, 0.25) is 0 Å². The second-order valence-electron chi connectivity index (χ2n) is 41.3. The second kappa shape index (κ2) is 70.4. The van der Waals surface area contributed by atoms with Crippen molar-refractivity contribution in [2.75, 3.05) is 52.9 Å². The van der Waals surface area contributed by atoms with Gasteiger partial charge in [-0.15, -0.1) is 0 Å². The van der Waals surface area contributed by atoms with E-state index in [1.54, 1.807) is 0 Å². The molecule has 0 fully saturated rings. The molecule has 144 heavy (non-hydrogen) atoms. The molecule has 0 spiro atoms. The number of rotatable bonds is 86. The van der Waals surface area contributed by atoms with Crippen LogP contribution >= 0.6 is 0 Å². The molecule has 0 radical (unpaired) electrons. The molecule has 16 heteroatoms. The maximum absolute atomic E-state index is 6.87. The molecule has 790 valence electrons. The van der Waals surface area contributed by atoms with Gasteiger partial charge < -0.3 is 46.7 Å². The molecule has 16 nitrogen and oxygen atoms in total. The summed E-state index contributed by atoms with van der Waals surface area (Å²) in [5.74, 6) is 6.80. The van der Waals surface area contributed by atoms with Gasteiger partial charge in [0.1, 0.15) is 11.0 Å². The lowest BCUT2D eigenvalue weighted by atomic mass is 10.0. The summed E-state index contributed by atoms with van der Waals surface area (Å²) in [6.07, 6.45) is 78.3. The summed E-state index contributed by atoms with van der Waals surface area (Å²) in [5, 5.41) is 0. The average molecular weight is 1970 g/mol. The number of oxazole rings is 2. The first kappa shape index (κ1) is 115. The topological polar surface area (TPSA) is 177 Å². The Morgan fingerprint density at radius 2 is 0.333 bits per heavy atom. The first-order valence-corrected chi connectivity index (χ1v) is 59.2. The predicted molar refractivity (Wildman–Crippen MR) is 605 cm³/mol. The highest BCUT2D eigenvalue weighted by molar-refractivity contribution is 5.94. The standard InChI is InChI=1S/C128H188N6O10/c1-9-17-25-33-41-49-57-65-85-135-113-81-75-101(95-119(113)139-89-69-61-53-45-37-29-21-13-5)123-125(103-77-83-115(137-87-67-59-51-43-35-27-19-11-3)121(97-103)141-91-71-63-55-47-39-31-23-15-7)131-109-93-105(73-79-107(109)129-123)127-133-111-99-112-118(100-117(111)143-127)144-128(134-112)106-74-80-108-110(94-106)132-126(104-78-84-116(138-88-68-60-52-44-36-28-20-12-4)122(98-104)142-92-72-64-56-48-40-32-24-16-8)124(130-108)102-76-82-114(136-86-66-58-50-42-34-26-18-10-2)120(96-102)140-90-70-62-54-46-38-30-22-14-6/h73-84,93-100H,9-72,85-92H2,1-8H3. The van der Waals surface area contributed by atoms with Gasteiger partial charge in [0.2, 0.25) is 11.8 Å². The van der Waals surface area contributed by atoms with Crippen LogP contribution in [0.4, 0.5) is 0 Å². The SMILES string of the molecule is CCCCCCCCCCOc1ccc(-c2nc3ccc(-c4nc5cc6nc(-c7ccc8nc(-c9ccc(OCCCCCCCCCC)c(OCCCCCCCCCC)c9)c(-c9ccc(OCCCCCCCCCC)c(OCCCCCCCCCC)c9)nc8c7)oc6cc5o4)cc3nc2-c2ccc(OCCCCCCCCCC)c(OCCCCCCCCCC)c2)cc1OCCCCCCCCCC. The zero-order chi connectivity index (χ0) is 101. The molecule has 11 aromatic rings. The van der Waals surface area contributed by atoms with Crippen LogP contribution in [-0.4, -0.2) is 82.8 Å². The smallest absolute Gasteiger partial charge is 0.227 e. The van der Waals surface area contributed by atoms with E-state index in [0.717, 1.165) is 205 Å². The first-order chi connectivity index (χ1) is 71.2. The van der Waals surface area contributed by atoms with Gasteiger partial charge in [0.15, 0.2) is 57.2 Å². The molecular weight excluding hydrogens is 1780 g/mol. The summed E-state index contributed by atoms with van der Waals surface area (Å²) < 4.78 is 67.9. The van der Waals surface area contributed by atoms with Gasteiger partial charge in [0.25, 0.3) is 0 Å². The quantitative estimate of drug-likeness (QED) is 0.0329. The molecule has 4 aromatic heterocycles. The van der Waals surface area contributed by atoms with E-state index in [2.05, 4.69) is 128 Å². The fraction of sp³-hybridized carbons (Fsp3) is 0.625. The summed E-state index contributed by atoms with van der Waals surface area (Å²) >= 11 is 0. The third-order valence-corrected chi connectivity index (χ3v) is 28.6. The van der Waals surface area contributed by atoms with Gasteiger partial charge in [0, 0.05) is 39.4 Å². The third-order valence-electron chi connectivity index (χ3n) is 28.6. The molecule has 0 bridgehead atoms. The summed E-state index contributed by atoms with van der Waals surface area (Å²) in [4.78, 5) is 33.0. The molecular formula is C128H188N6O10. The van der Waals surface area contributed by atoms with Crippen molar-refractivity contribution < 1.29 is 46.7 Å². The predicted octanol–water partition coefficient (Wildman–Crippen LogP) is 40.0. The summed E-state index contributed by atoms with van der Waals surface area (Å²) in [7, 11) is 0. The minimum atomic E-state index is 0.440. The largest absolute Gasteiger partial charge is 0.490 e. The Balaban J connectivity index is 0.928. The molecule has 0 saturated carbocycles. The van der Waals surface area contributed by atoms with Crippen molar-refractivity contribution in [1.82, 2.24) is 29.9 Å². The van der Waals surface area contributed by atoms with E-state index in [9.17, 15) is 0 Å². The number of hydrogen-bond acceptors (Lipinski definition) is 16. The fourth-order valence-electron chi connectivity index (χ4n) is 19.7. The fourth-order valence-corrected chi connectivity index (χ4v) is 19.7. The number of aromatic nitrogens is 6. The highest BCUT2D eigenvalue weighted by atomic mass is 16.5. The molecule has 0 atom stereocenters. The third kappa shape index (κ3) is 41.0. The monoisotopic (exact) mass is 1970 g/mol. The van der Waals surface area contributed by atoms with Crippen molar-refractivity contribution in [3.63, 3.8) is 0 Å². The first-order valence-electron chi connectivity index (χ1n) is 59.2. The number of fused-ring (bicyclic) bond motifs is 4. The zero-order valence-corrected chi connectivity index (χ0v) is 91.2. The van der Waals surface area contributed by atoms with Crippen molar-refractivity contribution in [3.05, 3.63) is 121 Å². The molecule has 7 aromatic carbocycles. The van der Waals surface area contributed by atoms with E-state index >= 15 is 0 Å². The maximum Gasteiger partial charge on any atom is 0.227 e. The van der Waals surface area contributed by atoms with Gasteiger partial charge in [-0.2, -0.15) is 0 Å². The molecule has 0 unspecified atom stereocenters. The van der Waals surface area contributed by atoms with Crippen LogP contribution in [0.3, 0.4) is 0 Å². The molecule has 0 N–H and O–H groups in total. The van der Waals surface area contributed by atoms with Gasteiger partial charge in [-0.25, -0.2) is 29.9 Å². The summed E-state index contributed by atoms with van der Waals surface area (Å²) in [6, 6.07) is 41.5. The van der Waals surface area contributed by atoms with Crippen LogP contribution in [-0.2, 0) is 0 Å². The Bertz CT molecular complexity index is 4940. The van der Waals surface area contributed by atoms with Crippen molar-refractivity contribution in [2.24, 2.45) is 0 Å². The highest BCUT2D eigenvalue weighted by Gasteiger charge is 2.25. The minimum Gasteiger partial charge on any atom is -0.490 e. The summed E-state index contributed by atoms with van der Waals surface area (Å²) in [5.41, 5.74) is 13.1. The molecule has 11 rings (SSSR count). The van der Waals surface area contributed by atoms with Crippen molar-refractivity contribution >= 4 is 44.3 Å². The molecule has 0 aliphatic rings. The van der Waals surface area contributed by atoms with Crippen LogP contribution in [0.15, 0.2) is 130 Å². The molecule has 4 heterocycles. The average Bonchev–Trinajstić information content (AvgIpc) is 1.48. The number of hydrogen-bond donors (Lipinski definition) is 0. The van der Waals surface area contributed by atoms with Gasteiger partial charge in [-0.1, -0.05) is 415 Å². The van der Waals surface area contributed by atoms with E-state index in [1.807, 2.05) is 48.5 Å². The normalized spacial score (nSPS) is 11.7. The molecule has 0 saturated heterocycles. The van der Waals surface area contributed by atoms with E-state index < -0.39 is 0 Å². The Kier molecular flexibility index (Phi) is 56.2. The Hall–Kier alpha value is -9.44. The van der Waals surface area contributed by atoms with Crippen LogP contribution < -0.4 is 37.9 Å². The Labute approximate surface area is 870 Å². The maximum atomic E-state index is 6.87. The molecule has 0 aliphatic carbocycles. The minimum absolute atomic E-state index is 0.440. The van der Waals surface area contributed by atoms with Crippen LogP contribution in [0.5, 0.6) is 46.0 Å². The van der Waals surface area contributed by atoms with Gasteiger partial charge in [-0.05, 0) is 167 Å². The number of benzene rings is 7. The highest BCUT2D eigenvalue weighted by Crippen LogP contribution is 2.45. The van der Waals surface area contributed by atoms with E-state index in [0.29, 0.717) is 109 Å². The zero-order valence-electron chi connectivity index (χ0n) is 91.2. The van der Waals surface area contributed by atoms with Gasteiger partial charge in [-0.3, -0.25) is 0 Å². The Morgan fingerprint density at radius 1 is 0.153 bits per heavy atom. The lowest BCUT2D eigenvalue weighted by Gasteiger charge is -2.17. The molecule has 0 aliphatic heterocycles. The lowest BCUT2D eigenvalue weighted by Crippen LogP contribution is -2.04. The van der Waals surface area contributed by atoms with E-state index in [-0.39, 0.29) is 0 Å². The molecule has 0 amide bonds.